The number of halogens is 1. The van der Waals surface area contributed by atoms with Crippen molar-refractivity contribution < 1.29 is 14.6 Å². The van der Waals surface area contributed by atoms with Crippen molar-refractivity contribution in [3.8, 4) is 0 Å². The van der Waals surface area contributed by atoms with Gasteiger partial charge in [-0.1, -0.05) is 11.6 Å². The number of nitrogens with one attached hydrogen (secondary N) is 1. The molecule has 0 aliphatic carbocycles. The van der Waals surface area contributed by atoms with E-state index in [4.69, 9.17) is 21.4 Å². The molecule has 1 saturated heterocycles. The second-order valence-corrected chi connectivity index (χ2v) is 4.49. The molecule has 1 fully saturated rings. The van der Waals surface area contributed by atoms with Crippen LogP contribution >= 0.6 is 11.6 Å². The Morgan fingerprint density at radius 1 is 1.53 bits per heavy atom. The summed E-state index contributed by atoms with van der Waals surface area (Å²) in [5.74, 6) is -0.980. The molecule has 1 aromatic rings. The standard InChI is InChI=1S/C12H14ClNO3/c13-8-3-4-11(10(6-8)12(15)16)14-9-2-1-5-17-7-9/h3-4,6,9,14H,1-2,5,7H2,(H,15,16). The van der Waals surface area contributed by atoms with Gasteiger partial charge in [-0.25, -0.2) is 4.79 Å². The number of carboxylic acid groups (broad SMARTS) is 1. The number of hydrogen-bond donors (Lipinski definition) is 2. The molecule has 1 aromatic carbocycles. The van der Waals surface area contributed by atoms with Gasteiger partial charge < -0.3 is 15.2 Å². The topological polar surface area (TPSA) is 58.6 Å². The SMILES string of the molecule is O=C(O)c1cc(Cl)ccc1NC1CCCOC1. The number of benzene rings is 1. The predicted octanol–water partition coefficient (Wildman–Crippen LogP) is 2.63. The van der Waals surface area contributed by atoms with E-state index >= 15 is 0 Å². The molecule has 1 atom stereocenters. The molecule has 1 aliphatic heterocycles. The summed E-state index contributed by atoms with van der Waals surface area (Å²) in [5.41, 5.74) is 0.792. The quantitative estimate of drug-likeness (QED) is 0.872. The molecule has 5 heteroatoms. The van der Waals surface area contributed by atoms with Crippen molar-refractivity contribution in [2.75, 3.05) is 18.5 Å². The second kappa shape index (κ2) is 5.38. The Kier molecular flexibility index (Phi) is 3.86. The monoisotopic (exact) mass is 255 g/mol. The number of anilines is 1. The van der Waals surface area contributed by atoms with Gasteiger partial charge in [-0.3, -0.25) is 0 Å². The maximum Gasteiger partial charge on any atom is 0.337 e. The number of aromatic carboxylic acids is 1. The highest BCUT2D eigenvalue weighted by atomic mass is 35.5. The van der Waals surface area contributed by atoms with Gasteiger partial charge in [0.25, 0.3) is 0 Å². The molecule has 2 N–H and O–H groups in total. The second-order valence-electron chi connectivity index (χ2n) is 4.05. The van der Waals surface area contributed by atoms with E-state index in [1.807, 2.05) is 0 Å². The van der Waals surface area contributed by atoms with Crippen molar-refractivity contribution >= 4 is 23.3 Å². The minimum absolute atomic E-state index is 0.169. The van der Waals surface area contributed by atoms with Crippen molar-refractivity contribution in [1.82, 2.24) is 0 Å². The number of carbonyl (C=O) groups is 1. The lowest BCUT2D eigenvalue weighted by Crippen LogP contribution is -2.30. The fourth-order valence-corrected chi connectivity index (χ4v) is 2.07. The Morgan fingerprint density at radius 3 is 3.00 bits per heavy atom. The molecule has 4 nitrogen and oxygen atoms in total. The molecule has 1 aliphatic rings. The van der Waals surface area contributed by atoms with E-state index in [0.717, 1.165) is 19.4 Å². The van der Waals surface area contributed by atoms with Gasteiger partial charge in [-0.05, 0) is 31.0 Å². The zero-order valence-electron chi connectivity index (χ0n) is 9.28. The Balaban J connectivity index is 2.16. The molecule has 1 heterocycles. The lowest BCUT2D eigenvalue weighted by molar-refractivity contribution is 0.0696. The third-order valence-electron chi connectivity index (χ3n) is 2.73. The lowest BCUT2D eigenvalue weighted by Gasteiger charge is -2.24. The summed E-state index contributed by atoms with van der Waals surface area (Å²) in [6, 6.07) is 5.00. The van der Waals surface area contributed by atoms with Crippen LogP contribution in [0.15, 0.2) is 18.2 Å². The maximum atomic E-state index is 11.1. The first-order chi connectivity index (χ1) is 8.16. The van der Waals surface area contributed by atoms with Crippen molar-refractivity contribution in [2.45, 2.75) is 18.9 Å². The zero-order chi connectivity index (χ0) is 12.3. The van der Waals surface area contributed by atoms with Gasteiger partial charge in [-0.15, -0.1) is 0 Å². The minimum atomic E-state index is -0.980. The third-order valence-corrected chi connectivity index (χ3v) is 2.97. The van der Waals surface area contributed by atoms with Crippen LogP contribution in [0.25, 0.3) is 0 Å². The zero-order valence-corrected chi connectivity index (χ0v) is 10.0. The molecular formula is C12H14ClNO3. The average molecular weight is 256 g/mol. The number of carboxylic acids is 1. The summed E-state index contributed by atoms with van der Waals surface area (Å²) < 4.78 is 5.34. The van der Waals surface area contributed by atoms with Crippen LogP contribution < -0.4 is 5.32 Å². The minimum Gasteiger partial charge on any atom is -0.478 e. The van der Waals surface area contributed by atoms with Gasteiger partial charge in [0, 0.05) is 23.4 Å². The third kappa shape index (κ3) is 3.11. The summed E-state index contributed by atoms with van der Waals surface area (Å²) in [5, 5.41) is 12.7. The first-order valence-electron chi connectivity index (χ1n) is 5.54. The summed E-state index contributed by atoms with van der Waals surface area (Å²) in [7, 11) is 0. The smallest absolute Gasteiger partial charge is 0.337 e. The Morgan fingerprint density at radius 2 is 2.35 bits per heavy atom. The highest BCUT2D eigenvalue weighted by Gasteiger charge is 2.17. The first-order valence-corrected chi connectivity index (χ1v) is 5.92. The van der Waals surface area contributed by atoms with Gasteiger partial charge in [0.15, 0.2) is 0 Å². The van der Waals surface area contributed by atoms with Crippen LogP contribution in [0.1, 0.15) is 23.2 Å². The van der Waals surface area contributed by atoms with Crippen molar-refractivity contribution in [3.05, 3.63) is 28.8 Å². The van der Waals surface area contributed by atoms with E-state index in [9.17, 15) is 4.79 Å². The summed E-state index contributed by atoms with van der Waals surface area (Å²) >= 11 is 5.79. The van der Waals surface area contributed by atoms with Crippen molar-refractivity contribution in [3.63, 3.8) is 0 Å². The van der Waals surface area contributed by atoms with Gasteiger partial charge in [0.2, 0.25) is 0 Å². The highest BCUT2D eigenvalue weighted by molar-refractivity contribution is 6.31. The summed E-state index contributed by atoms with van der Waals surface area (Å²) in [6.45, 7) is 1.40. The Hall–Kier alpha value is -1.26. The van der Waals surface area contributed by atoms with Crippen LogP contribution in [0.3, 0.4) is 0 Å². The summed E-state index contributed by atoms with van der Waals surface area (Å²) in [6.07, 6.45) is 1.98. The highest BCUT2D eigenvalue weighted by Crippen LogP contribution is 2.23. The number of rotatable bonds is 3. The maximum absolute atomic E-state index is 11.1. The van der Waals surface area contributed by atoms with Gasteiger partial charge in [0.1, 0.15) is 0 Å². The molecule has 17 heavy (non-hydrogen) atoms. The van der Waals surface area contributed by atoms with Crippen LogP contribution in [-0.4, -0.2) is 30.3 Å². The molecule has 0 radical (unpaired) electrons. The van der Waals surface area contributed by atoms with E-state index < -0.39 is 5.97 Å². The fraction of sp³-hybridized carbons (Fsp3) is 0.417. The molecule has 1 unspecified atom stereocenters. The molecule has 2 rings (SSSR count). The summed E-state index contributed by atoms with van der Waals surface area (Å²) in [4.78, 5) is 11.1. The normalized spacial score (nSPS) is 19.9. The first kappa shape index (κ1) is 12.2. The van der Waals surface area contributed by atoms with Crippen molar-refractivity contribution in [2.24, 2.45) is 0 Å². The van der Waals surface area contributed by atoms with E-state index in [0.29, 0.717) is 17.3 Å². The average Bonchev–Trinajstić information content (AvgIpc) is 2.32. The van der Waals surface area contributed by atoms with E-state index in [1.54, 1.807) is 12.1 Å². The van der Waals surface area contributed by atoms with Crippen molar-refractivity contribution in [1.29, 1.82) is 0 Å². The fourth-order valence-electron chi connectivity index (χ4n) is 1.89. The van der Waals surface area contributed by atoms with Gasteiger partial charge >= 0.3 is 5.97 Å². The van der Waals surface area contributed by atoms with E-state index in [-0.39, 0.29) is 11.6 Å². The van der Waals surface area contributed by atoms with E-state index in [2.05, 4.69) is 5.32 Å². The number of ether oxygens (including phenoxy) is 1. The van der Waals surface area contributed by atoms with Crippen LogP contribution in [0.4, 0.5) is 5.69 Å². The molecule has 0 aromatic heterocycles. The largest absolute Gasteiger partial charge is 0.478 e. The molecule has 0 saturated carbocycles. The van der Waals surface area contributed by atoms with Crippen LogP contribution in [0.2, 0.25) is 5.02 Å². The lowest BCUT2D eigenvalue weighted by atomic mass is 10.1. The van der Waals surface area contributed by atoms with Gasteiger partial charge in [0.05, 0.1) is 12.2 Å². The molecule has 0 spiro atoms. The Bertz CT molecular complexity index is 416. The predicted molar refractivity (Wildman–Crippen MR) is 65.9 cm³/mol. The van der Waals surface area contributed by atoms with Crippen LogP contribution in [0.5, 0.6) is 0 Å². The van der Waals surface area contributed by atoms with Crippen LogP contribution in [0, 0.1) is 0 Å². The molecular weight excluding hydrogens is 242 g/mol. The Labute approximate surface area is 105 Å². The number of hydrogen-bond acceptors (Lipinski definition) is 3. The molecule has 92 valence electrons. The molecule has 0 bridgehead atoms. The van der Waals surface area contributed by atoms with E-state index in [1.165, 1.54) is 6.07 Å². The van der Waals surface area contributed by atoms with Crippen LogP contribution in [-0.2, 0) is 4.74 Å². The molecule has 0 amide bonds. The van der Waals surface area contributed by atoms with Gasteiger partial charge in [-0.2, -0.15) is 0 Å².